The van der Waals surface area contributed by atoms with Crippen LogP contribution in [0.2, 0.25) is 0 Å². The van der Waals surface area contributed by atoms with E-state index in [9.17, 15) is 4.79 Å². The first kappa shape index (κ1) is 17.2. The monoisotopic (exact) mass is 346 g/mol. The summed E-state index contributed by atoms with van der Waals surface area (Å²) >= 11 is 3.42. The van der Waals surface area contributed by atoms with Crippen molar-refractivity contribution in [3.63, 3.8) is 0 Å². The third-order valence-corrected chi connectivity index (χ3v) is 3.59. The Balaban J connectivity index is 2.96. The standard InChI is InChI=1S/C14H23BrN2O3/c1-5-16-9-12(15)8-13(16)14(18)17(6-7-19-3)11(2)10-20-4/h8-9,11H,5-7,10H2,1-4H3. The summed E-state index contributed by atoms with van der Waals surface area (Å²) in [4.78, 5) is 14.5. The quantitative estimate of drug-likeness (QED) is 0.725. The van der Waals surface area contributed by atoms with Crippen LogP contribution in [0.25, 0.3) is 0 Å². The Bertz CT molecular complexity index is 434. The molecule has 20 heavy (non-hydrogen) atoms. The van der Waals surface area contributed by atoms with E-state index in [-0.39, 0.29) is 11.9 Å². The highest BCUT2D eigenvalue weighted by Crippen LogP contribution is 2.18. The van der Waals surface area contributed by atoms with Gasteiger partial charge < -0.3 is 18.9 Å². The first-order valence-electron chi connectivity index (χ1n) is 6.69. The molecule has 6 heteroatoms. The Kier molecular flexibility index (Phi) is 7.26. The fraction of sp³-hybridized carbons (Fsp3) is 0.643. The number of halogens is 1. The molecule has 1 heterocycles. The lowest BCUT2D eigenvalue weighted by atomic mass is 10.2. The lowest BCUT2D eigenvalue weighted by Crippen LogP contribution is -2.43. The van der Waals surface area contributed by atoms with Crippen molar-refractivity contribution >= 4 is 21.8 Å². The van der Waals surface area contributed by atoms with Gasteiger partial charge >= 0.3 is 0 Å². The van der Waals surface area contributed by atoms with Crippen LogP contribution in [0.15, 0.2) is 16.7 Å². The molecule has 0 saturated carbocycles. The van der Waals surface area contributed by atoms with Crippen molar-refractivity contribution in [2.75, 3.05) is 34.0 Å². The summed E-state index contributed by atoms with van der Waals surface area (Å²) in [6, 6.07) is 1.85. The number of hydrogen-bond acceptors (Lipinski definition) is 3. The highest BCUT2D eigenvalue weighted by atomic mass is 79.9. The minimum Gasteiger partial charge on any atom is -0.383 e. The van der Waals surface area contributed by atoms with Gasteiger partial charge in [-0.2, -0.15) is 0 Å². The smallest absolute Gasteiger partial charge is 0.270 e. The van der Waals surface area contributed by atoms with Crippen LogP contribution < -0.4 is 0 Å². The average Bonchev–Trinajstić information content (AvgIpc) is 2.80. The van der Waals surface area contributed by atoms with Crippen LogP contribution in [-0.4, -0.2) is 55.4 Å². The van der Waals surface area contributed by atoms with E-state index in [1.54, 1.807) is 19.1 Å². The molecule has 1 aromatic rings. The zero-order chi connectivity index (χ0) is 15.1. The van der Waals surface area contributed by atoms with Gasteiger partial charge in [0.2, 0.25) is 0 Å². The second kappa shape index (κ2) is 8.44. The molecule has 0 N–H and O–H groups in total. The zero-order valence-corrected chi connectivity index (χ0v) is 14.1. The van der Waals surface area contributed by atoms with Gasteiger partial charge in [-0.1, -0.05) is 0 Å². The summed E-state index contributed by atoms with van der Waals surface area (Å²) in [6.45, 7) is 6.31. The number of methoxy groups -OCH3 is 2. The van der Waals surface area contributed by atoms with Crippen molar-refractivity contribution in [3.05, 3.63) is 22.4 Å². The zero-order valence-electron chi connectivity index (χ0n) is 12.6. The molecular weight excluding hydrogens is 324 g/mol. The number of carbonyl (C=O) groups is 1. The fourth-order valence-corrected chi connectivity index (χ4v) is 2.57. The van der Waals surface area contributed by atoms with Crippen LogP contribution in [0.3, 0.4) is 0 Å². The van der Waals surface area contributed by atoms with Crippen LogP contribution in [0.4, 0.5) is 0 Å². The lowest BCUT2D eigenvalue weighted by molar-refractivity contribution is 0.0470. The van der Waals surface area contributed by atoms with Crippen molar-refractivity contribution in [2.45, 2.75) is 26.4 Å². The number of amides is 1. The molecule has 1 rings (SSSR count). The van der Waals surface area contributed by atoms with Crippen LogP contribution in [-0.2, 0) is 16.0 Å². The molecule has 1 amide bonds. The molecular formula is C14H23BrN2O3. The molecule has 0 aliphatic carbocycles. The summed E-state index contributed by atoms with van der Waals surface area (Å²) in [7, 11) is 3.27. The molecule has 1 aromatic heterocycles. The van der Waals surface area contributed by atoms with E-state index >= 15 is 0 Å². The third-order valence-electron chi connectivity index (χ3n) is 3.16. The summed E-state index contributed by atoms with van der Waals surface area (Å²) in [6.07, 6.45) is 1.92. The molecule has 0 saturated heterocycles. The topological polar surface area (TPSA) is 43.7 Å². The Morgan fingerprint density at radius 3 is 2.70 bits per heavy atom. The van der Waals surface area contributed by atoms with Gasteiger partial charge in [0.05, 0.1) is 19.3 Å². The molecule has 5 nitrogen and oxygen atoms in total. The number of hydrogen-bond donors (Lipinski definition) is 0. The Morgan fingerprint density at radius 2 is 2.15 bits per heavy atom. The lowest BCUT2D eigenvalue weighted by Gasteiger charge is -2.29. The largest absolute Gasteiger partial charge is 0.383 e. The van der Waals surface area contributed by atoms with Crippen molar-refractivity contribution in [3.8, 4) is 0 Å². The van der Waals surface area contributed by atoms with Gasteiger partial charge in [0.25, 0.3) is 5.91 Å². The van der Waals surface area contributed by atoms with E-state index in [1.807, 2.05) is 30.7 Å². The molecule has 0 aromatic carbocycles. The Hall–Kier alpha value is -0.850. The van der Waals surface area contributed by atoms with E-state index < -0.39 is 0 Å². The molecule has 0 radical (unpaired) electrons. The summed E-state index contributed by atoms with van der Waals surface area (Å²) in [5, 5.41) is 0. The molecule has 0 fully saturated rings. The number of aromatic nitrogens is 1. The minimum atomic E-state index is -0.000787. The average molecular weight is 347 g/mol. The first-order chi connectivity index (χ1) is 9.54. The molecule has 1 unspecified atom stereocenters. The van der Waals surface area contributed by atoms with Gasteiger partial charge in [0.1, 0.15) is 5.69 Å². The molecule has 0 spiro atoms. The van der Waals surface area contributed by atoms with Gasteiger partial charge in [-0.05, 0) is 35.8 Å². The van der Waals surface area contributed by atoms with Crippen molar-refractivity contribution in [1.29, 1.82) is 0 Å². The van der Waals surface area contributed by atoms with Crippen LogP contribution in [0, 0.1) is 0 Å². The van der Waals surface area contributed by atoms with Gasteiger partial charge in [-0.25, -0.2) is 0 Å². The van der Waals surface area contributed by atoms with E-state index in [1.165, 1.54) is 0 Å². The highest BCUT2D eigenvalue weighted by Gasteiger charge is 2.24. The first-order valence-corrected chi connectivity index (χ1v) is 7.48. The summed E-state index contributed by atoms with van der Waals surface area (Å²) in [5.74, 6) is -0.000787. The van der Waals surface area contributed by atoms with Crippen molar-refractivity contribution in [1.82, 2.24) is 9.47 Å². The van der Waals surface area contributed by atoms with E-state index in [0.29, 0.717) is 25.5 Å². The number of rotatable bonds is 8. The Labute approximate surface area is 129 Å². The van der Waals surface area contributed by atoms with Gasteiger partial charge in [-0.3, -0.25) is 4.79 Å². The predicted molar refractivity (Wildman–Crippen MR) is 82.1 cm³/mol. The van der Waals surface area contributed by atoms with Crippen molar-refractivity contribution < 1.29 is 14.3 Å². The van der Waals surface area contributed by atoms with Gasteiger partial charge in [-0.15, -0.1) is 0 Å². The fourth-order valence-electron chi connectivity index (χ4n) is 2.11. The number of ether oxygens (including phenoxy) is 2. The van der Waals surface area contributed by atoms with E-state index in [0.717, 1.165) is 11.0 Å². The maximum Gasteiger partial charge on any atom is 0.270 e. The molecule has 0 bridgehead atoms. The molecule has 114 valence electrons. The highest BCUT2D eigenvalue weighted by molar-refractivity contribution is 9.10. The van der Waals surface area contributed by atoms with E-state index in [2.05, 4.69) is 15.9 Å². The minimum absolute atomic E-state index is 0.000787. The predicted octanol–water partition coefficient (Wildman–Crippen LogP) is 2.39. The third kappa shape index (κ3) is 4.33. The Morgan fingerprint density at radius 1 is 1.45 bits per heavy atom. The van der Waals surface area contributed by atoms with Crippen LogP contribution in [0.1, 0.15) is 24.3 Å². The second-order valence-corrected chi connectivity index (χ2v) is 5.54. The molecule has 0 aliphatic rings. The number of carbonyl (C=O) groups excluding carboxylic acids is 1. The second-order valence-electron chi connectivity index (χ2n) is 4.63. The molecule has 1 atom stereocenters. The van der Waals surface area contributed by atoms with Crippen LogP contribution in [0.5, 0.6) is 0 Å². The maximum absolute atomic E-state index is 12.7. The SMILES string of the molecule is CCn1cc(Br)cc1C(=O)N(CCOC)C(C)COC. The van der Waals surface area contributed by atoms with Gasteiger partial charge in [0, 0.05) is 38.0 Å². The molecule has 0 aliphatic heterocycles. The summed E-state index contributed by atoms with van der Waals surface area (Å²) in [5.41, 5.74) is 0.679. The number of aryl methyl sites for hydroxylation is 1. The summed E-state index contributed by atoms with van der Waals surface area (Å²) < 4.78 is 13.1. The number of nitrogens with zero attached hydrogens (tertiary/aromatic N) is 2. The van der Waals surface area contributed by atoms with Crippen LogP contribution >= 0.6 is 15.9 Å². The van der Waals surface area contributed by atoms with Crippen molar-refractivity contribution in [2.24, 2.45) is 0 Å². The van der Waals surface area contributed by atoms with E-state index in [4.69, 9.17) is 9.47 Å². The normalized spacial score (nSPS) is 12.4. The van der Waals surface area contributed by atoms with Gasteiger partial charge in [0.15, 0.2) is 0 Å². The maximum atomic E-state index is 12.7.